The second-order valence-electron chi connectivity index (χ2n) is 6.15. The summed E-state index contributed by atoms with van der Waals surface area (Å²) in [4.78, 5) is 14.3. The molecule has 1 fully saturated rings. The lowest BCUT2D eigenvalue weighted by Gasteiger charge is -2.31. The van der Waals surface area contributed by atoms with Gasteiger partial charge in [-0.3, -0.25) is 4.79 Å². The molecule has 1 saturated carbocycles. The van der Waals surface area contributed by atoms with Crippen LogP contribution in [-0.4, -0.2) is 43.5 Å². The largest absolute Gasteiger partial charge is 0.352 e. The molecule has 0 aromatic rings. The Morgan fingerprint density at radius 2 is 2.06 bits per heavy atom. The first kappa shape index (κ1) is 15.4. The molecular formula is C14H29N3O. The van der Waals surface area contributed by atoms with Gasteiger partial charge in [0.05, 0.1) is 0 Å². The van der Waals surface area contributed by atoms with Gasteiger partial charge in [0.25, 0.3) is 0 Å². The molecule has 0 aromatic carbocycles. The maximum Gasteiger partial charge on any atom is 0.223 e. The average molecular weight is 255 g/mol. The zero-order chi connectivity index (χ0) is 13.7. The third-order valence-electron chi connectivity index (χ3n) is 3.90. The summed E-state index contributed by atoms with van der Waals surface area (Å²) in [6, 6.07) is 0.491. The topological polar surface area (TPSA) is 58.4 Å². The van der Waals surface area contributed by atoms with E-state index in [0.29, 0.717) is 5.92 Å². The summed E-state index contributed by atoms with van der Waals surface area (Å²) >= 11 is 0. The second kappa shape index (κ2) is 7.10. The quantitative estimate of drug-likeness (QED) is 0.776. The highest BCUT2D eigenvalue weighted by Crippen LogP contribution is 2.29. The number of nitrogens with two attached hydrogens (primary N) is 1. The minimum atomic E-state index is 0.0842. The Hall–Kier alpha value is -0.610. The predicted molar refractivity (Wildman–Crippen MR) is 75.3 cm³/mol. The molecule has 0 bridgehead atoms. The Kier molecular flexibility index (Phi) is 6.09. The van der Waals surface area contributed by atoms with Crippen molar-refractivity contribution in [3.63, 3.8) is 0 Å². The van der Waals surface area contributed by atoms with Crippen LogP contribution < -0.4 is 11.1 Å². The predicted octanol–water partition coefficient (Wildman–Crippen LogP) is 1.21. The summed E-state index contributed by atoms with van der Waals surface area (Å²) in [6.45, 7) is 4.97. The standard InChI is InChI=1S/C14H29N3O/c1-10(9-17(3)4)16-14(18)11(2)12-6-5-7-13(15)8-12/h10-13H,5-9,15H2,1-4H3,(H,16,18). The van der Waals surface area contributed by atoms with Gasteiger partial charge in [0, 0.05) is 24.5 Å². The number of hydrogen-bond acceptors (Lipinski definition) is 3. The van der Waals surface area contributed by atoms with Crippen molar-refractivity contribution >= 4 is 5.91 Å². The van der Waals surface area contributed by atoms with Crippen LogP contribution in [0.2, 0.25) is 0 Å². The van der Waals surface area contributed by atoms with Gasteiger partial charge in [-0.1, -0.05) is 13.3 Å². The fourth-order valence-corrected chi connectivity index (χ4v) is 2.90. The van der Waals surface area contributed by atoms with E-state index < -0.39 is 0 Å². The van der Waals surface area contributed by atoms with Crippen molar-refractivity contribution in [2.24, 2.45) is 17.6 Å². The van der Waals surface area contributed by atoms with Crippen molar-refractivity contribution in [2.75, 3.05) is 20.6 Å². The van der Waals surface area contributed by atoms with Crippen LogP contribution in [0.25, 0.3) is 0 Å². The summed E-state index contributed by atoms with van der Waals surface area (Å²) < 4.78 is 0. The fourth-order valence-electron chi connectivity index (χ4n) is 2.90. The molecule has 4 heteroatoms. The Morgan fingerprint density at radius 3 is 2.61 bits per heavy atom. The SMILES string of the molecule is CC(CN(C)C)NC(=O)C(C)C1CCCC(N)C1. The first-order chi connectivity index (χ1) is 8.40. The third kappa shape index (κ3) is 4.94. The van der Waals surface area contributed by atoms with Crippen molar-refractivity contribution in [3.8, 4) is 0 Å². The molecule has 4 unspecified atom stereocenters. The van der Waals surface area contributed by atoms with E-state index in [0.717, 1.165) is 32.2 Å². The van der Waals surface area contributed by atoms with Gasteiger partial charge in [-0.2, -0.15) is 0 Å². The first-order valence-electron chi connectivity index (χ1n) is 7.10. The van der Waals surface area contributed by atoms with Gasteiger partial charge in [-0.05, 0) is 46.2 Å². The number of likely N-dealkylation sites (N-methyl/N-ethyl adjacent to an activating group) is 1. The number of nitrogens with one attached hydrogen (secondary N) is 1. The van der Waals surface area contributed by atoms with E-state index in [9.17, 15) is 4.79 Å². The van der Waals surface area contributed by atoms with Gasteiger partial charge >= 0.3 is 0 Å². The minimum absolute atomic E-state index is 0.0842. The number of hydrogen-bond donors (Lipinski definition) is 2. The van der Waals surface area contributed by atoms with Crippen LogP contribution in [-0.2, 0) is 4.79 Å². The summed E-state index contributed by atoms with van der Waals surface area (Å²) in [5.41, 5.74) is 5.99. The summed E-state index contributed by atoms with van der Waals surface area (Å²) in [7, 11) is 4.04. The Bertz CT molecular complexity index is 268. The molecule has 0 aliphatic heterocycles. The van der Waals surface area contributed by atoms with Gasteiger partial charge in [0.2, 0.25) is 5.91 Å². The van der Waals surface area contributed by atoms with E-state index in [4.69, 9.17) is 5.73 Å². The third-order valence-corrected chi connectivity index (χ3v) is 3.90. The van der Waals surface area contributed by atoms with Crippen LogP contribution in [0.4, 0.5) is 0 Å². The number of nitrogens with zero attached hydrogens (tertiary/aromatic N) is 1. The molecule has 1 aliphatic rings. The lowest BCUT2D eigenvalue weighted by atomic mass is 9.78. The van der Waals surface area contributed by atoms with E-state index in [1.165, 1.54) is 0 Å². The number of amides is 1. The molecule has 3 N–H and O–H groups in total. The fraction of sp³-hybridized carbons (Fsp3) is 0.929. The van der Waals surface area contributed by atoms with E-state index in [-0.39, 0.29) is 23.9 Å². The summed E-state index contributed by atoms with van der Waals surface area (Å²) in [6.07, 6.45) is 4.42. The number of rotatable bonds is 5. The molecular weight excluding hydrogens is 226 g/mol. The van der Waals surface area contributed by atoms with Crippen molar-refractivity contribution in [3.05, 3.63) is 0 Å². The van der Waals surface area contributed by atoms with Gasteiger partial charge in [0.1, 0.15) is 0 Å². The van der Waals surface area contributed by atoms with Crippen LogP contribution in [0.1, 0.15) is 39.5 Å². The molecule has 0 radical (unpaired) electrons. The second-order valence-corrected chi connectivity index (χ2v) is 6.15. The van der Waals surface area contributed by atoms with Crippen LogP contribution in [0.5, 0.6) is 0 Å². The molecule has 18 heavy (non-hydrogen) atoms. The molecule has 0 heterocycles. The van der Waals surface area contributed by atoms with E-state index >= 15 is 0 Å². The molecule has 1 aliphatic carbocycles. The zero-order valence-electron chi connectivity index (χ0n) is 12.3. The van der Waals surface area contributed by atoms with Crippen molar-refractivity contribution in [2.45, 2.75) is 51.6 Å². The van der Waals surface area contributed by atoms with Gasteiger partial charge in [-0.25, -0.2) is 0 Å². The van der Waals surface area contributed by atoms with Crippen LogP contribution in [0.15, 0.2) is 0 Å². The zero-order valence-corrected chi connectivity index (χ0v) is 12.3. The lowest BCUT2D eigenvalue weighted by Crippen LogP contribution is -2.44. The number of carbonyl (C=O) groups is 1. The maximum atomic E-state index is 12.2. The molecule has 0 saturated heterocycles. The van der Waals surface area contributed by atoms with E-state index in [1.807, 2.05) is 21.0 Å². The van der Waals surface area contributed by atoms with Gasteiger partial charge in [0.15, 0.2) is 0 Å². The van der Waals surface area contributed by atoms with Crippen LogP contribution in [0, 0.1) is 11.8 Å². The molecule has 0 aromatic heterocycles. The van der Waals surface area contributed by atoms with E-state index in [2.05, 4.69) is 17.1 Å². The highest BCUT2D eigenvalue weighted by molar-refractivity contribution is 5.78. The van der Waals surface area contributed by atoms with Crippen molar-refractivity contribution in [1.82, 2.24) is 10.2 Å². The van der Waals surface area contributed by atoms with Crippen molar-refractivity contribution in [1.29, 1.82) is 0 Å². The normalized spacial score (nSPS) is 27.9. The Balaban J connectivity index is 2.40. The van der Waals surface area contributed by atoms with Gasteiger partial charge < -0.3 is 16.0 Å². The van der Waals surface area contributed by atoms with Crippen LogP contribution >= 0.6 is 0 Å². The highest BCUT2D eigenvalue weighted by atomic mass is 16.1. The molecule has 4 nitrogen and oxygen atoms in total. The Labute approximate surface area is 111 Å². The Morgan fingerprint density at radius 1 is 1.39 bits per heavy atom. The monoisotopic (exact) mass is 255 g/mol. The van der Waals surface area contributed by atoms with Gasteiger partial charge in [-0.15, -0.1) is 0 Å². The first-order valence-corrected chi connectivity index (χ1v) is 7.10. The van der Waals surface area contributed by atoms with Crippen molar-refractivity contribution < 1.29 is 4.79 Å². The smallest absolute Gasteiger partial charge is 0.223 e. The molecule has 1 amide bonds. The van der Waals surface area contributed by atoms with E-state index in [1.54, 1.807) is 0 Å². The highest BCUT2D eigenvalue weighted by Gasteiger charge is 2.28. The van der Waals surface area contributed by atoms with Crippen LogP contribution in [0.3, 0.4) is 0 Å². The molecule has 4 atom stereocenters. The molecule has 0 spiro atoms. The number of carbonyl (C=O) groups excluding carboxylic acids is 1. The molecule has 1 rings (SSSR count). The maximum absolute atomic E-state index is 12.2. The summed E-state index contributed by atoms with van der Waals surface area (Å²) in [5, 5.41) is 3.10. The minimum Gasteiger partial charge on any atom is -0.352 e. The lowest BCUT2D eigenvalue weighted by molar-refractivity contribution is -0.127. The summed E-state index contributed by atoms with van der Waals surface area (Å²) in [5.74, 6) is 0.727. The molecule has 106 valence electrons. The average Bonchev–Trinajstić information content (AvgIpc) is 2.26.